The van der Waals surface area contributed by atoms with Crippen LogP contribution in [0.4, 0.5) is 8.78 Å². The van der Waals surface area contributed by atoms with Crippen LogP contribution in [-0.2, 0) is 0 Å². The maximum absolute atomic E-state index is 13.5. The van der Waals surface area contributed by atoms with E-state index < -0.39 is 11.8 Å². The highest BCUT2D eigenvalue weighted by Crippen LogP contribution is 2.25. The van der Waals surface area contributed by atoms with Crippen LogP contribution in [0.3, 0.4) is 0 Å². The normalized spacial score (nSPS) is 10.3. The van der Waals surface area contributed by atoms with Crippen molar-refractivity contribution in [2.45, 2.75) is 0 Å². The van der Waals surface area contributed by atoms with Crippen molar-refractivity contribution in [1.29, 1.82) is 0 Å². The lowest BCUT2D eigenvalue weighted by molar-refractivity contribution is 0.584. The molecule has 0 aliphatic heterocycles. The number of benzene rings is 1. The summed E-state index contributed by atoms with van der Waals surface area (Å²) in [5, 5.41) is 0. The highest BCUT2D eigenvalue weighted by molar-refractivity contribution is 9.10. The van der Waals surface area contributed by atoms with Gasteiger partial charge in [-0.05, 0) is 23.8 Å². The summed E-state index contributed by atoms with van der Waals surface area (Å²) in [6.45, 7) is 0. The first-order chi connectivity index (χ1) is 7.16. The fraction of sp³-hybridized carbons (Fsp3) is 0. The molecule has 0 aliphatic carbocycles. The summed E-state index contributed by atoms with van der Waals surface area (Å²) < 4.78 is 27.0. The molecule has 2 rings (SSSR count). The summed E-state index contributed by atoms with van der Waals surface area (Å²) in [6.07, 6.45) is 1.31. The second-order valence-electron chi connectivity index (χ2n) is 2.99. The van der Waals surface area contributed by atoms with Gasteiger partial charge in [-0.2, -0.15) is 4.39 Å². The Morgan fingerprint density at radius 3 is 2.53 bits per heavy atom. The van der Waals surface area contributed by atoms with Crippen molar-refractivity contribution in [1.82, 2.24) is 4.98 Å². The predicted molar refractivity (Wildman–Crippen MR) is 57.3 cm³/mol. The highest BCUT2D eigenvalue weighted by Gasteiger charge is 2.06. The summed E-state index contributed by atoms with van der Waals surface area (Å²) in [5.41, 5.74) is 0.840. The Morgan fingerprint density at radius 1 is 1.07 bits per heavy atom. The van der Waals surface area contributed by atoms with Crippen LogP contribution in [0.25, 0.3) is 11.1 Å². The van der Waals surface area contributed by atoms with E-state index in [4.69, 9.17) is 0 Å². The largest absolute Gasteiger partial charge is 0.228 e. The second kappa shape index (κ2) is 4.06. The third-order valence-corrected chi connectivity index (χ3v) is 2.46. The molecule has 0 radical (unpaired) electrons. The predicted octanol–water partition coefficient (Wildman–Crippen LogP) is 3.79. The molecule has 1 aromatic heterocycles. The molecule has 4 heteroatoms. The van der Waals surface area contributed by atoms with E-state index in [2.05, 4.69) is 20.9 Å². The summed E-state index contributed by atoms with van der Waals surface area (Å²) in [7, 11) is 0. The minimum atomic E-state index is -0.616. The number of pyridine rings is 1. The fourth-order valence-electron chi connectivity index (χ4n) is 1.29. The number of hydrogen-bond acceptors (Lipinski definition) is 1. The summed E-state index contributed by atoms with van der Waals surface area (Å²) in [6, 6.07) is 7.40. The molecule has 1 nitrogen and oxygen atoms in total. The summed E-state index contributed by atoms with van der Waals surface area (Å²) >= 11 is 3.16. The van der Waals surface area contributed by atoms with Crippen LogP contribution in [0, 0.1) is 11.8 Å². The number of rotatable bonds is 1. The molecule has 0 saturated carbocycles. The monoisotopic (exact) mass is 269 g/mol. The molecule has 76 valence electrons. The molecule has 1 heterocycles. The molecule has 0 N–H and O–H groups in total. The lowest BCUT2D eigenvalue weighted by Crippen LogP contribution is -1.87. The van der Waals surface area contributed by atoms with Crippen molar-refractivity contribution in [3.8, 4) is 11.1 Å². The van der Waals surface area contributed by atoms with E-state index in [-0.39, 0.29) is 0 Å². The van der Waals surface area contributed by atoms with Gasteiger partial charge in [0.15, 0.2) is 0 Å². The van der Waals surface area contributed by atoms with E-state index in [1.807, 2.05) is 0 Å². The van der Waals surface area contributed by atoms with Crippen molar-refractivity contribution in [2.75, 3.05) is 0 Å². The smallest absolute Gasteiger partial charge is 0.213 e. The lowest BCUT2D eigenvalue weighted by Gasteiger charge is -2.03. The third-order valence-electron chi connectivity index (χ3n) is 1.97. The van der Waals surface area contributed by atoms with Gasteiger partial charge in [-0.15, -0.1) is 0 Å². The SMILES string of the molecule is Fc1cc(-c2ccc(Br)cc2F)ccn1. The molecule has 0 unspecified atom stereocenters. The Labute approximate surface area is 93.9 Å². The van der Waals surface area contributed by atoms with Gasteiger partial charge in [0.1, 0.15) is 5.82 Å². The standard InChI is InChI=1S/C11H6BrF2N/c12-8-1-2-9(10(13)6-8)7-3-4-15-11(14)5-7/h1-6H. The molecule has 0 spiro atoms. The van der Waals surface area contributed by atoms with Crippen LogP contribution >= 0.6 is 15.9 Å². The van der Waals surface area contributed by atoms with Gasteiger partial charge >= 0.3 is 0 Å². The first kappa shape index (κ1) is 10.2. The molecular formula is C11H6BrF2N. The topological polar surface area (TPSA) is 12.9 Å². The number of aromatic nitrogens is 1. The Kier molecular flexibility index (Phi) is 2.77. The molecule has 0 amide bonds. The molecule has 1 aromatic carbocycles. The average molecular weight is 270 g/mol. The molecule has 0 bridgehead atoms. The first-order valence-corrected chi connectivity index (χ1v) is 5.03. The van der Waals surface area contributed by atoms with Crippen molar-refractivity contribution in [3.63, 3.8) is 0 Å². The fourth-order valence-corrected chi connectivity index (χ4v) is 1.63. The number of halogens is 3. The van der Waals surface area contributed by atoms with E-state index in [0.29, 0.717) is 15.6 Å². The Morgan fingerprint density at radius 2 is 1.87 bits per heavy atom. The zero-order valence-corrected chi connectivity index (χ0v) is 9.13. The van der Waals surface area contributed by atoms with Gasteiger partial charge in [0, 0.05) is 22.3 Å². The van der Waals surface area contributed by atoms with Crippen molar-refractivity contribution in [2.24, 2.45) is 0 Å². The Balaban J connectivity index is 2.54. The van der Waals surface area contributed by atoms with Gasteiger partial charge in [-0.3, -0.25) is 0 Å². The minimum Gasteiger partial charge on any atom is -0.228 e. The molecule has 15 heavy (non-hydrogen) atoms. The highest BCUT2D eigenvalue weighted by atomic mass is 79.9. The van der Waals surface area contributed by atoms with Crippen molar-refractivity contribution >= 4 is 15.9 Å². The maximum atomic E-state index is 13.5. The van der Waals surface area contributed by atoms with E-state index in [1.165, 1.54) is 18.3 Å². The van der Waals surface area contributed by atoms with Gasteiger partial charge in [0.25, 0.3) is 0 Å². The summed E-state index contributed by atoms with van der Waals surface area (Å²) in [5.74, 6) is -1.01. The molecule has 0 aliphatic rings. The van der Waals surface area contributed by atoms with Gasteiger partial charge in [-0.25, -0.2) is 9.37 Å². The summed E-state index contributed by atoms with van der Waals surface area (Å²) in [4.78, 5) is 3.41. The van der Waals surface area contributed by atoms with Gasteiger partial charge < -0.3 is 0 Å². The molecular weight excluding hydrogens is 264 g/mol. The maximum Gasteiger partial charge on any atom is 0.213 e. The van der Waals surface area contributed by atoms with Crippen molar-refractivity contribution in [3.05, 3.63) is 52.8 Å². The Hall–Kier alpha value is -1.29. The quantitative estimate of drug-likeness (QED) is 0.718. The first-order valence-electron chi connectivity index (χ1n) is 4.24. The number of hydrogen-bond donors (Lipinski definition) is 0. The van der Waals surface area contributed by atoms with E-state index in [9.17, 15) is 8.78 Å². The van der Waals surface area contributed by atoms with Crippen LogP contribution in [-0.4, -0.2) is 4.98 Å². The Bertz CT molecular complexity index is 500. The van der Waals surface area contributed by atoms with Crippen LogP contribution in [0.15, 0.2) is 41.0 Å². The molecule has 0 fully saturated rings. The van der Waals surface area contributed by atoms with Gasteiger partial charge in [-0.1, -0.05) is 22.0 Å². The lowest BCUT2D eigenvalue weighted by atomic mass is 10.1. The number of nitrogens with zero attached hydrogens (tertiary/aromatic N) is 1. The van der Waals surface area contributed by atoms with Gasteiger partial charge in [0.05, 0.1) is 0 Å². The zero-order chi connectivity index (χ0) is 10.8. The van der Waals surface area contributed by atoms with E-state index in [1.54, 1.807) is 18.2 Å². The van der Waals surface area contributed by atoms with Crippen LogP contribution in [0.2, 0.25) is 0 Å². The molecule has 2 aromatic rings. The van der Waals surface area contributed by atoms with Gasteiger partial charge in [0.2, 0.25) is 5.95 Å². The second-order valence-corrected chi connectivity index (χ2v) is 3.91. The molecule has 0 saturated heterocycles. The van der Waals surface area contributed by atoms with Crippen LogP contribution in [0.1, 0.15) is 0 Å². The van der Waals surface area contributed by atoms with E-state index in [0.717, 1.165) is 0 Å². The molecule has 0 atom stereocenters. The third kappa shape index (κ3) is 2.21. The minimum absolute atomic E-state index is 0.361. The average Bonchev–Trinajstić information content (AvgIpc) is 2.17. The van der Waals surface area contributed by atoms with E-state index >= 15 is 0 Å². The van der Waals surface area contributed by atoms with Crippen LogP contribution < -0.4 is 0 Å². The zero-order valence-electron chi connectivity index (χ0n) is 7.55. The van der Waals surface area contributed by atoms with Crippen molar-refractivity contribution < 1.29 is 8.78 Å². The van der Waals surface area contributed by atoms with Crippen LogP contribution in [0.5, 0.6) is 0 Å².